The summed E-state index contributed by atoms with van der Waals surface area (Å²) in [6.45, 7) is 4.11. The predicted octanol–water partition coefficient (Wildman–Crippen LogP) is 1.65. The highest BCUT2D eigenvalue weighted by Gasteiger charge is 2.20. The molecule has 1 atom stereocenters. The Morgan fingerprint density at radius 3 is 2.31 bits per heavy atom. The second kappa shape index (κ2) is 5.46. The van der Waals surface area contributed by atoms with E-state index in [2.05, 4.69) is 0 Å². The predicted molar refractivity (Wildman–Crippen MR) is 66.9 cm³/mol. The molecular formula is C12H19NO2S. The topological polar surface area (TPSA) is 60.2 Å². The van der Waals surface area contributed by atoms with Gasteiger partial charge in [-0.25, -0.2) is 8.42 Å². The highest BCUT2D eigenvalue weighted by atomic mass is 32.2. The molecule has 4 heteroatoms. The first-order valence-electron chi connectivity index (χ1n) is 5.43. The average Bonchev–Trinajstić information content (AvgIpc) is 2.21. The lowest BCUT2D eigenvalue weighted by Gasteiger charge is -2.11. The maximum absolute atomic E-state index is 11.9. The van der Waals surface area contributed by atoms with Crippen LogP contribution in [-0.4, -0.2) is 20.2 Å². The van der Waals surface area contributed by atoms with Gasteiger partial charge in [-0.05, 0) is 32.4 Å². The normalized spacial score (nSPS) is 13.7. The fourth-order valence-corrected chi connectivity index (χ4v) is 2.91. The van der Waals surface area contributed by atoms with Crippen molar-refractivity contribution in [3.05, 3.63) is 35.4 Å². The summed E-state index contributed by atoms with van der Waals surface area (Å²) in [5.74, 6) is 0.106. The van der Waals surface area contributed by atoms with Gasteiger partial charge in [-0.1, -0.05) is 29.8 Å². The fraction of sp³-hybridized carbons (Fsp3) is 0.500. The number of hydrogen-bond acceptors (Lipinski definition) is 3. The molecule has 0 radical (unpaired) electrons. The van der Waals surface area contributed by atoms with E-state index in [9.17, 15) is 8.42 Å². The molecule has 0 aromatic heterocycles. The van der Waals surface area contributed by atoms with Gasteiger partial charge in [0.15, 0.2) is 9.84 Å². The van der Waals surface area contributed by atoms with E-state index in [-0.39, 0.29) is 11.0 Å². The van der Waals surface area contributed by atoms with Gasteiger partial charge in [0.05, 0.1) is 11.0 Å². The van der Waals surface area contributed by atoms with Gasteiger partial charge < -0.3 is 5.73 Å². The van der Waals surface area contributed by atoms with E-state index in [0.29, 0.717) is 13.0 Å². The number of nitrogens with two attached hydrogens (primary N) is 1. The highest BCUT2D eigenvalue weighted by Crippen LogP contribution is 2.13. The molecule has 0 heterocycles. The molecule has 0 saturated heterocycles. The minimum Gasteiger partial charge on any atom is -0.330 e. The standard InChI is InChI=1S/C12H19NO2S/c1-10-3-5-12(6-4-10)9-16(14,15)11(2)7-8-13/h3-6,11H,7-9,13H2,1-2H3. The van der Waals surface area contributed by atoms with Crippen LogP contribution in [0.25, 0.3) is 0 Å². The van der Waals surface area contributed by atoms with Gasteiger partial charge in [-0.3, -0.25) is 0 Å². The second-order valence-corrected chi connectivity index (χ2v) is 6.60. The van der Waals surface area contributed by atoms with E-state index in [1.165, 1.54) is 0 Å². The zero-order chi connectivity index (χ0) is 12.2. The molecule has 1 rings (SSSR count). The number of rotatable bonds is 5. The van der Waals surface area contributed by atoms with E-state index >= 15 is 0 Å². The van der Waals surface area contributed by atoms with Crippen molar-refractivity contribution in [1.29, 1.82) is 0 Å². The van der Waals surface area contributed by atoms with Gasteiger partial charge in [-0.2, -0.15) is 0 Å². The molecule has 1 unspecified atom stereocenters. The Kier molecular flexibility index (Phi) is 4.50. The fourth-order valence-electron chi connectivity index (χ4n) is 1.47. The number of hydrogen-bond donors (Lipinski definition) is 1. The Balaban J connectivity index is 2.76. The zero-order valence-electron chi connectivity index (χ0n) is 9.81. The molecule has 0 aliphatic carbocycles. The van der Waals surface area contributed by atoms with Gasteiger partial charge >= 0.3 is 0 Å². The number of sulfone groups is 1. The lowest BCUT2D eigenvalue weighted by atomic mass is 10.2. The van der Waals surface area contributed by atoms with Gasteiger partial charge in [0.1, 0.15) is 0 Å². The Bertz CT molecular complexity index is 423. The first-order chi connectivity index (χ1) is 7.45. The highest BCUT2D eigenvalue weighted by molar-refractivity contribution is 7.91. The number of benzene rings is 1. The average molecular weight is 241 g/mol. The van der Waals surface area contributed by atoms with Crippen molar-refractivity contribution in [2.75, 3.05) is 6.54 Å². The molecule has 0 amide bonds. The third-order valence-corrected chi connectivity index (χ3v) is 4.87. The molecular weight excluding hydrogens is 222 g/mol. The van der Waals surface area contributed by atoms with Crippen LogP contribution in [0.2, 0.25) is 0 Å². The van der Waals surface area contributed by atoms with Crippen molar-refractivity contribution in [1.82, 2.24) is 0 Å². The Morgan fingerprint density at radius 1 is 1.25 bits per heavy atom. The van der Waals surface area contributed by atoms with E-state index in [1.54, 1.807) is 6.92 Å². The van der Waals surface area contributed by atoms with E-state index in [1.807, 2.05) is 31.2 Å². The van der Waals surface area contributed by atoms with Crippen molar-refractivity contribution < 1.29 is 8.42 Å². The summed E-state index contributed by atoms with van der Waals surface area (Å²) in [6.07, 6.45) is 0.522. The van der Waals surface area contributed by atoms with Gasteiger partial charge in [0.25, 0.3) is 0 Å². The SMILES string of the molecule is Cc1ccc(CS(=O)(=O)C(C)CCN)cc1. The van der Waals surface area contributed by atoms with Crippen molar-refractivity contribution in [2.24, 2.45) is 5.73 Å². The molecule has 90 valence electrons. The molecule has 0 fully saturated rings. The van der Waals surface area contributed by atoms with Crippen molar-refractivity contribution in [3.63, 3.8) is 0 Å². The maximum atomic E-state index is 11.9. The minimum absolute atomic E-state index is 0.106. The lowest BCUT2D eigenvalue weighted by Crippen LogP contribution is -2.22. The van der Waals surface area contributed by atoms with Crippen LogP contribution in [0.1, 0.15) is 24.5 Å². The molecule has 0 aliphatic heterocycles. The molecule has 16 heavy (non-hydrogen) atoms. The summed E-state index contributed by atoms with van der Waals surface area (Å²) >= 11 is 0. The van der Waals surface area contributed by atoms with Crippen LogP contribution < -0.4 is 5.73 Å². The summed E-state index contributed by atoms with van der Waals surface area (Å²) in [5.41, 5.74) is 7.35. The monoisotopic (exact) mass is 241 g/mol. The van der Waals surface area contributed by atoms with Gasteiger partial charge in [0.2, 0.25) is 0 Å². The molecule has 1 aromatic carbocycles. The van der Waals surface area contributed by atoms with Crippen LogP contribution in [0.15, 0.2) is 24.3 Å². The first kappa shape index (κ1) is 13.2. The summed E-state index contributed by atoms with van der Waals surface area (Å²) in [7, 11) is -3.07. The smallest absolute Gasteiger partial charge is 0.157 e. The van der Waals surface area contributed by atoms with Crippen molar-refractivity contribution >= 4 is 9.84 Å². The van der Waals surface area contributed by atoms with Crippen LogP contribution >= 0.6 is 0 Å². The zero-order valence-corrected chi connectivity index (χ0v) is 10.6. The quantitative estimate of drug-likeness (QED) is 0.852. The molecule has 0 saturated carbocycles. The minimum atomic E-state index is -3.07. The Hall–Kier alpha value is -0.870. The van der Waals surface area contributed by atoms with Gasteiger partial charge in [0, 0.05) is 0 Å². The first-order valence-corrected chi connectivity index (χ1v) is 7.14. The summed E-state index contributed by atoms with van der Waals surface area (Å²) in [5, 5.41) is -0.362. The largest absolute Gasteiger partial charge is 0.330 e. The third-order valence-electron chi connectivity index (χ3n) is 2.67. The number of aryl methyl sites for hydroxylation is 1. The molecule has 0 aliphatic rings. The molecule has 1 aromatic rings. The summed E-state index contributed by atoms with van der Waals surface area (Å²) in [6, 6.07) is 7.58. The molecule has 3 nitrogen and oxygen atoms in total. The van der Waals surface area contributed by atoms with E-state index in [4.69, 9.17) is 5.73 Å². The summed E-state index contributed by atoms with van der Waals surface area (Å²) in [4.78, 5) is 0. The van der Waals surface area contributed by atoms with E-state index < -0.39 is 9.84 Å². The van der Waals surface area contributed by atoms with Gasteiger partial charge in [-0.15, -0.1) is 0 Å². The van der Waals surface area contributed by atoms with Crippen LogP contribution in [0, 0.1) is 6.92 Å². The Morgan fingerprint density at radius 2 is 1.81 bits per heavy atom. The van der Waals surface area contributed by atoms with E-state index in [0.717, 1.165) is 11.1 Å². The molecule has 0 bridgehead atoms. The van der Waals surface area contributed by atoms with Crippen molar-refractivity contribution in [3.8, 4) is 0 Å². The maximum Gasteiger partial charge on any atom is 0.157 e. The summed E-state index contributed by atoms with van der Waals surface area (Å²) < 4.78 is 23.8. The van der Waals surface area contributed by atoms with Crippen LogP contribution in [0.3, 0.4) is 0 Å². The molecule has 0 spiro atoms. The third kappa shape index (κ3) is 3.61. The molecule has 2 N–H and O–H groups in total. The van der Waals surface area contributed by atoms with Crippen molar-refractivity contribution in [2.45, 2.75) is 31.3 Å². The van der Waals surface area contributed by atoms with Crippen LogP contribution in [-0.2, 0) is 15.6 Å². The Labute approximate surface area is 97.6 Å². The lowest BCUT2D eigenvalue weighted by molar-refractivity contribution is 0.577. The van der Waals surface area contributed by atoms with Crippen LogP contribution in [0.4, 0.5) is 0 Å². The second-order valence-electron chi connectivity index (χ2n) is 4.18. The van der Waals surface area contributed by atoms with Crippen LogP contribution in [0.5, 0.6) is 0 Å².